The summed E-state index contributed by atoms with van der Waals surface area (Å²) in [5.74, 6) is 1.09. The van der Waals surface area contributed by atoms with Gasteiger partial charge in [0, 0.05) is 38.0 Å². The van der Waals surface area contributed by atoms with Crippen LogP contribution < -0.4 is 4.74 Å². The average molecular weight is 367 g/mol. The number of nitrogens with zero attached hydrogens (tertiary/aromatic N) is 2. The van der Waals surface area contributed by atoms with E-state index in [9.17, 15) is 9.59 Å². The highest BCUT2D eigenvalue weighted by Crippen LogP contribution is 2.21. The Morgan fingerprint density at radius 3 is 2.88 bits per heavy atom. The Morgan fingerprint density at radius 2 is 2.16 bits per heavy atom. The van der Waals surface area contributed by atoms with Gasteiger partial charge in [-0.3, -0.25) is 9.59 Å². The summed E-state index contributed by atoms with van der Waals surface area (Å²) in [6.07, 6.45) is 3.88. The molecule has 2 rings (SSSR count). The maximum atomic E-state index is 12.2. The third kappa shape index (κ3) is 6.24. The minimum atomic E-state index is 0.0842. The molecule has 0 aromatic heterocycles. The number of carbonyl (C=O) groups excluding carboxylic acids is 2. The van der Waals surface area contributed by atoms with Crippen molar-refractivity contribution in [2.45, 2.75) is 39.0 Å². The van der Waals surface area contributed by atoms with Gasteiger partial charge < -0.3 is 14.5 Å². The van der Waals surface area contributed by atoms with Crippen molar-refractivity contribution >= 4 is 23.4 Å². The molecule has 0 N–H and O–H groups in total. The highest BCUT2D eigenvalue weighted by atomic mass is 35.5. The van der Waals surface area contributed by atoms with Gasteiger partial charge >= 0.3 is 0 Å². The van der Waals surface area contributed by atoms with Gasteiger partial charge in [-0.15, -0.1) is 0 Å². The van der Waals surface area contributed by atoms with Crippen LogP contribution in [0.25, 0.3) is 0 Å². The first-order valence-electron chi connectivity index (χ1n) is 8.88. The van der Waals surface area contributed by atoms with E-state index in [2.05, 4.69) is 0 Å². The molecule has 0 aliphatic carbocycles. The molecule has 0 saturated carbocycles. The van der Waals surface area contributed by atoms with Crippen LogP contribution in [-0.2, 0) is 9.59 Å². The van der Waals surface area contributed by atoms with Gasteiger partial charge in [-0.25, -0.2) is 0 Å². The molecule has 138 valence electrons. The summed E-state index contributed by atoms with van der Waals surface area (Å²) in [6.45, 7) is 4.42. The Morgan fingerprint density at radius 1 is 1.36 bits per heavy atom. The summed E-state index contributed by atoms with van der Waals surface area (Å²) >= 11 is 5.92. The second kappa shape index (κ2) is 9.66. The van der Waals surface area contributed by atoms with E-state index < -0.39 is 0 Å². The van der Waals surface area contributed by atoms with E-state index in [1.807, 2.05) is 24.0 Å². The minimum Gasteiger partial charge on any atom is -0.491 e. The van der Waals surface area contributed by atoms with Gasteiger partial charge in [0.05, 0.1) is 6.54 Å². The van der Waals surface area contributed by atoms with Gasteiger partial charge in [0.15, 0.2) is 0 Å². The standard InChI is InChI=1S/C19H27ClN2O3/c1-15-14-16(20)8-9-17(15)25-13-12-21(2)18(23)7-5-11-22-10-4-3-6-19(22)24/h8-9,14H,3-7,10-13H2,1-2H3. The van der Waals surface area contributed by atoms with Crippen LogP contribution in [0.4, 0.5) is 0 Å². The normalized spacial score (nSPS) is 14.5. The highest BCUT2D eigenvalue weighted by Gasteiger charge is 2.18. The molecular weight excluding hydrogens is 340 g/mol. The largest absolute Gasteiger partial charge is 0.491 e. The van der Waals surface area contributed by atoms with Gasteiger partial charge in [-0.2, -0.15) is 0 Å². The molecule has 0 unspecified atom stereocenters. The number of piperidine rings is 1. The van der Waals surface area contributed by atoms with E-state index >= 15 is 0 Å². The number of halogens is 1. The monoisotopic (exact) mass is 366 g/mol. The maximum Gasteiger partial charge on any atom is 0.222 e. The fourth-order valence-electron chi connectivity index (χ4n) is 2.90. The SMILES string of the molecule is Cc1cc(Cl)ccc1OCCN(C)C(=O)CCCN1CCCCC1=O. The lowest BCUT2D eigenvalue weighted by Crippen LogP contribution is -2.37. The van der Waals surface area contributed by atoms with Crippen LogP contribution in [0, 0.1) is 6.92 Å². The molecule has 0 atom stereocenters. The molecular formula is C19H27ClN2O3. The lowest BCUT2D eigenvalue weighted by atomic mass is 10.1. The molecule has 1 aliphatic rings. The molecule has 1 aromatic carbocycles. The number of ether oxygens (including phenoxy) is 1. The second-order valence-electron chi connectivity index (χ2n) is 6.52. The molecule has 5 nitrogen and oxygen atoms in total. The minimum absolute atomic E-state index is 0.0842. The summed E-state index contributed by atoms with van der Waals surface area (Å²) in [5.41, 5.74) is 0.979. The smallest absolute Gasteiger partial charge is 0.222 e. The zero-order valence-corrected chi connectivity index (χ0v) is 15.8. The van der Waals surface area contributed by atoms with Gasteiger partial charge in [0.1, 0.15) is 12.4 Å². The fourth-order valence-corrected chi connectivity index (χ4v) is 3.13. The first-order valence-corrected chi connectivity index (χ1v) is 9.26. The third-order valence-electron chi connectivity index (χ3n) is 4.49. The number of aryl methyl sites for hydroxylation is 1. The number of hydrogen-bond acceptors (Lipinski definition) is 3. The molecule has 2 amide bonds. The molecule has 1 heterocycles. The molecule has 1 aliphatic heterocycles. The van der Waals surface area contributed by atoms with Crippen molar-refractivity contribution in [2.24, 2.45) is 0 Å². The van der Waals surface area contributed by atoms with Crippen molar-refractivity contribution in [3.8, 4) is 5.75 Å². The first-order chi connectivity index (χ1) is 12.0. The number of amides is 2. The Kier molecular flexibility index (Phi) is 7.56. The van der Waals surface area contributed by atoms with Crippen molar-refractivity contribution in [1.82, 2.24) is 9.80 Å². The number of likely N-dealkylation sites (tertiary alicyclic amines) is 1. The van der Waals surface area contributed by atoms with E-state index in [1.54, 1.807) is 18.0 Å². The lowest BCUT2D eigenvalue weighted by molar-refractivity contribution is -0.134. The van der Waals surface area contributed by atoms with Crippen molar-refractivity contribution < 1.29 is 14.3 Å². The first kappa shape index (κ1) is 19.6. The predicted octanol–water partition coefficient (Wildman–Crippen LogP) is 3.28. The van der Waals surface area contributed by atoms with Crippen LogP contribution in [0.15, 0.2) is 18.2 Å². The number of benzene rings is 1. The lowest BCUT2D eigenvalue weighted by Gasteiger charge is -2.27. The Labute approximate surface area is 154 Å². The predicted molar refractivity (Wildman–Crippen MR) is 99.0 cm³/mol. The zero-order valence-electron chi connectivity index (χ0n) is 15.1. The topological polar surface area (TPSA) is 49.9 Å². The zero-order chi connectivity index (χ0) is 18.2. The summed E-state index contributed by atoms with van der Waals surface area (Å²) in [7, 11) is 1.78. The van der Waals surface area contributed by atoms with Crippen molar-refractivity contribution in [1.29, 1.82) is 0 Å². The third-order valence-corrected chi connectivity index (χ3v) is 4.72. The molecule has 1 aromatic rings. The van der Waals surface area contributed by atoms with Crippen LogP contribution in [0.2, 0.25) is 5.02 Å². The van der Waals surface area contributed by atoms with E-state index in [0.717, 1.165) is 30.7 Å². The molecule has 0 radical (unpaired) electrons. The van der Waals surface area contributed by atoms with Crippen molar-refractivity contribution in [3.05, 3.63) is 28.8 Å². The summed E-state index contributed by atoms with van der Waals surface area (Å²) in [4.78, 5) is 27.5. The molecule has 6 heteroatoms. The van der Waals surface area contributed by atoms with E-state index in [-0.39, 0.29) is 11.8 Å². The Hall–Kier alpha value is -1.75. The van der Waals surface area contributed by atoms with Crippen LogP contribution in [0.1, 0.15) is 37.7 Å². The molecule has 25 heavy (non-hydrogen) atoms. The van der Waals surface area contributed by atoms with Gasteiger partial charge in [0.2, 0.25) is 11.8 Å². The van der Waals surface area contributed by atoms with E-state index in [0.29, 0.717) is 44.0 Å². The van der Waals surface area contributed by atoms with E-state index in [1.165, 1.54) is 0 Å². The van der Waals surface area contributed by atoms with Gasteiger partial charge in [-0.05, 0) is 49.9 Å². The quantitative estimate of drug-likeness (QED) is 0.709. The summed E-state index contributed by atoms with van der Waals surface area (Å²) < 4.78 is 5.72. The number of likely N-dealkylation sites (N-methyl/N-ethyl adjacent to an activating group) is 1. The van der Waals surface area contributed by atoms with Crippen LogP contribution in [-0.4, -0.2) is 54.9 Å². The fraction of sp³-hybridized carbons (Fsp3) is 0.579. The molecule has 1 fully saturated rings. The maximum absolute atomic E-state index is 12.2. The average Bonchev–Trinajstić information content (AvgIpc) is 2.58. The second-order valence-corrected chi connectivity index (χ2v) is 6.95. The van der Waals surface area contributed by atoms with Gasteiger partial charge in [0.25, 0.3) is 0 Å². The number of carbonyl (C=O) groups is 2. The van der Waals surface area contributed by atoms with Crippen LogP contribution in [0.5, 0.6) is 5.75 Å². The van der Waals surface area contributed by atoms with Crippen molar-refractivity contribution in [3.63, 3.8) is 0 Å². The van der Waals surface area contributed by atoms with Gasteiger partial charge in [-0.1, -0.05) is 11.6 Å². The molecule has 0 spiro atoms. The number of hydrogen-bond donors (Lipinski definition) is 0. The molecule has 1 saturated heterocycles. The highest BCUT2D eigenvalue weighted by molar-refractivity contribution is 6.30. The summed E-state index contributed by atoms with van der Waals surface area (Å²) in [5, 5.41) is 0.685. The Balaban J connectivity index is 1.65. The van der Waals surface area contributed by atoms with E-state index in [4.69, 9.17) is 16.3 Å². The van der Waals surface area contributed by atoms with Crippen molar-refractivity contribution in [2.75, 3.05) is 33.3 Å². The Bertz CT molecular complexity index is 606. The summed E-state index contributed by atoms with van der Waals surface area (Å²) in [6, 6.07) is 5.49. The van der Waals surface area contributed by atoms with Crippen LogP contribution in [0.3, 0.4) is 0 Å². The van der Waals surface area contributed by atoms with Crippen LogP contribution >= 0.6 is 11.6 Å². The molecule has 0 bridgehead atoms. The number of rotatable bonds is 8.